The van der Waals surface area contributed by atoms with Crippen molar-refractivity contribution in [2.45, 2.75) is 6.42 Å². The minimum absolute atomic E-state index is 0.0715. The Hall–Kier alpha value is -1.29. The fourth-order valence-electron chi connectivity index (χ4n) is 2.27. The van der Waals surface area contributed by atoms with Crippen molar-refractivity contribution in [1.29, 1.82) is 5.26 Å². The minimum atomic E-state index is -3.67. The first-order chi connectivity index (χ1) is 9.31. The molecule has 0 aromatic heterocycles. The zero-order chi connectivity index (χ0) is 14.9. The van der Waals surface area contributed by atoms with Crippen LogP contribution in [0.1, 0.15) is 12.0 Å². The molecule has 1 unspecified atom stereocenters. The highest BCUT2D eigenvalue weighted by Crippen LogP contribution is 2.34. The van der Waals surface area contributed by atoms with Crippen LogP contribution in [0.4, 0.5) is 5.69 Å². The lowest BCUT2D eigenvalue weighted by Crippen LogP contribution is -2.26. The normalized spacial score (nSPS) is 19.1. The highest BCUT2D eigenvalue weighted by Gasteiger charge is 2.35. The topological polar surface area (TPSA) is 78.2 Å². The molecule has 1 heterocycles. The number of para-hydroxylation sites is 1. The molecule has 1 atom stereocenters. The van der Waals surface area contributed by atoms with E-state index in [2.05, 4.69) is 0 Å². The van der Waals surface area contributed by atoms with Crippen LogP contribution in [0, 0.1) is 17.2 Å². The fourth-order valence-corrected chi connectivity index (χ4v) is 3.87. The molecule has 5 nitrogen and oxygen atoms in total. The summed E-state index contributed by atoms with van der Waals surface area (Å²) in [7, 11) is 1.54. The van der Waals surface area contributed by atoms with E-state index in [1.807, 2.05) is 6.07 Å². The number of nitriles is 1. The number of carbonyl (C=O) groups excluding carboxylic acids is 1. The summed E-state index contributed by atoms with van der Waals surface area (Å²) in [6.07, 6.45) is 0.0715. The Morgan fingerprint density at radius 2 is 2.15 bits per heavy atom. The van der Waals surface area contributed by atoms with Crippen LogP contribution in [0.3, 0.4) is 0 Å². The number of hydrogen-bond donors (Lipinski definition) is 0. The van der Waals surface area contributed by atoms with Crippen LogP contribution in [-0.4, -0.2) is 26.6 Å². The molecule has 0 spiro atoms. The van der Waals surface area contributed by atoms with Crippen LogP contribution >= 0.6 is 22.3 Å². The van der Waals surface area contributed by atoms with Gasteiger partial charge in [-0.25, -0.2) is 8.42 Å². The van der Waals surface area contributed by atoms with Gasteiger partial charge >= 0.3 is 0 Å². The molecule has 20 heavy (non-hydrogen) atoms. The highest BCUT2D eigenvalue weighted by molar-refractivity contribution is 8.13. The predicted octanol–water partition coefficient (Wildman–Crippen LogP) is 2.13. The minimum Gasteiger partial charge on any atom is -0.309 e. The lowest BCUT2D eigenvalue weighted by atomic mass is 10.1. The van der Waals surface area contributed by atoms with Crippen molar-refractivity contribution in [1.82, 2.24) is 0 Å². The van der Waals surface area contributed by atoms with E-state index in [1.165, 1.54) is 4.90 Å². The lowest BCUT2D eigenvalue weighted by Gasteiger charge is -2.19. The van der Waals surface area contributed by atoms with E-state index in [4.69, 9.17) is 27.5 Å². The third kappa shape index (κ3) is 3.23. The van der Waals surface area contributed by atoms with Crippen molar-refractivity contribution in [2.24, 2.45) is 5.92 Å². The van der Waals surface area contributed by atoms with Crippen LogP contribution in [0.2, 0.25) is 5.02 Å². The maximum atomic E-state index is 12.0. The first-order valence-electron chi connectivity index (χ1n) is 5.73. The number of carbonyl (C=O) groups is 1. The summed E-state index contributed by atoms with van der Waals surface area (Å²) < 4.78 is 22.2. The van der Waals surface area contributed by atoms with Crippen LogP contribution in [0.25, 0.3) is 0 Å². The second kappa shape index (κ2) is 5.60. The average molecular weight is 333 g/mol. The van der Waals surface area contributed by atoms with Crippen LogP contribution in [0.15, 0.2) is 18.2 Å². The largest absolute Gasteiger partial charge is 0.309 e. The van der Waals surface area contributed by atoms with Gasteiger partial charge in [-0.3, -0.25) is 4.79 Å². The second-order valence-corrected chi connectivity index (χ2v) is 7.76. The molecule has 1 aromatic carbocycles. The van der Waals surface area contributed by atoms with Gasteiger partial charge in [0.1, 0.15) is 6.07 Å². The van der Waals surface area contributed by atoms with Gasteiger partial charge in [0.2, 0.25) is 15.0 Å². The molecule has 0 saturated carbocycles. The van der Waals surface area contributed by atoms with E-state index >= 15 is 0 Å². The molecule has 1 fully saturated rings. The van der Waals surface area contributed by atoms with Gasteiger partial charge in [0.15, 0.2) is 0 Å². The van der Waals surface area contributed by atoms with Crippen molar-refractivity contribution in [3.8, 4) is 6.07 Å². The van der Waals surface area contributed by atoms with Gasteiger partial charge in [-0.1, -0.05) is 17.7 Å². The summed E-state index contributed by atoms with van der Waals surface area (Å²) in [4.78, 5) is 13.4. The molecule has 0 N–H and O–H groups in total. The number of hydrogen-bond acceptors (Lipinski definition) is 4. The van der Waals surface area contributed by atoms with Crippen molar-refractivity contribution in [2.75, 3.05) is 17.2 Å². The molecule has 0 bridgehead atoms. The van der Waals surface area contributed by atoms with Crippen molar-refractivity contribution in [3.63, 3.8) is 0 Å². The molecule has 0 aliphatic carbocycles. The fraction of sp³-hybridized carbons (Fsp3) is 0.333. The molecule has 1 aromatic rings. The number of rotatable bonds is 3. The van der Waals surface area contributed by atoms with Gasteiger partial charge < -0.3 is 4.90 Å². The van der Waals surface area contributed by atoms with Crippen molar-refractivity contribution < 1.29 is 13.2 Å². The van der Waals surface area contributed by atoms with E-state index in [0.29, 0.717) is 5.69 Å². The number of nitrogens with zero attached hydrogens (tertiary/aromatic N) is 2. The van der Waals surface area contributed by atoms with Gasteiger partial charge in [0.25, 0.3) is 0 Å². The smallest absolute Gasteiger partial charge is 0.232 e. The molecule has 1 aliphatic heterocycles. The quantitative estimate of drug-likeness (QED) is 0.794. The van der Waals surface area contributed by atoms with Crippen LogP contribution in [0.5, 0.6) is 0 Å². The summed E-state index contributed by atoms with van der Waals surface area (Å²) in [5.41, 5.74) is 0.608. The van der Waals surface area contributed by atoms with Gasteiger partial charge in [0, 0.05) is 29.6 Å². The van der Waals surface area contributed by atoms with E-state index < -0.39 is 15.0 Å². The van der Waals surface area contributed by atoms with Gasteiger partial charge in [0.05, 0.1) is 22.0 Å². The Morgan fingerprint density at radius 3 is 2.75 bits per heavy atom. The first kappa shape index (κ1) is 15.1. The number of benzene rings is 1. The SMILES string of the molecule is N#Cc1cccc(Cl)c1N1CC(CS(=O)(=O)Cl)CC1=O. The molecular formula is C12H10Cl2N2O3S. The van der Waals surface area contributed by atoms with E-state index in [-0.39, 0.29) is 35.2 Å². The predicted molar refractivity (Wildman–Crippen MR) is 76.3 cm³/mol. The Bertz CT molecular complexity index is 697. The van der Waals surface area contributed by atoms with Gasteiger partial charge in [-0.2, -0.15) is 5.26 Å². The number of amides is 1. The molecule has 1 aliphatic rings. The standard InChI is InChI=1S/C12H10Cl2N2O3S/c13-10-3-1-2-9(5-15)12(10)16-6-8(4-11(16)17)7-20(14,18)19/h1-3,8H,4,6-7H2. The third-order valence-corrected chi connectivity index (χ3v) is 4.57. The van der Waals surface area contributed by atoms with Crippen LogP contribution < -0.4 is 4.90 Å². The average Bonchev–Trinajstić information content (AvgIpc) is 2.67. The van der Waals surface area contributed by atoms with Crippen molar-refractivity contribution >= 4 is 42.9 Å². The first-order valence-corrected chi connectivity index (χ1v) is 8.59. The van der Waals surface area contributed by atoms with E-state index in [0.717, 1.165) is 0 Å². The molecule has 1 amide bonds. The Morgan fingerprint density at radius 1 is 1.45 bits per heavy atom. The summed E-state index contributed by atoms with van der Waals surface area (Å²) in [6, 6.07) is 6.73. The van der Waals surface area contributed by atoms with Gasteiger partial charge in [-0.05, 0) is 12.1 Å². The van der Waals surface area contributed by atoms with Gasteiger partial charge in [-0.15, -0.1) is 0 Å². The Labute approximate surface area is 126 Å². The summed E-state index contributed by atoms with van der Waals surface area (Å²) in [5, 5.41) is 9.36. The molecular weight excluding hydrogens is 323 g/mol. The zero-order valence-corrected chi connectivity index (χ0v) is 12.5. The maximum Gasteiger partial charge on any atom is 0.232 e. The molecule has 8 heteroatoms. The molecule has 0 radical (unpaired) electrons. The lowest BCUT2D eigenvalue weighted by molar-refractivity contribution is -0.117. The monoisotopic (exact) mass is 332 g/mol. The Balaban J connectivity index is 2.32. The van der Waals surface area contributed by atoms with Crippen LogP contribution in [-0.2, 0) is 13.8 Å². The third-order valence-electron chi connectivity index (χ3n) is 3.02. The molecule has 1 saturated heterocycles. The molecule has 106 valence electrons. The summed E-state index contributed by atoms with van der Waals surface area (Å²) in [5.74, 6) is -0.934. The maximum absolute atomic E-state index is 12.0. The highest BCUT2D eigenvalue weighted by atomic mass is 35.7. The molecule has 2 rings (SSSR count). The zero-order valence-electron chi connectivity index (χ0n) is 10.2. The van der Waals surface area contributed by atoms with E-state index in [9.17, 15) is 13.2 Å². The second-order valence-electron chi connectivity index (χ2n) is 4.53. The number of halogens is 2. The summed E-state index contributed by atoms with van der Waals surface area (Å²) >= 11 is 6.05. The van der Waals surface area contributed by atoms with E-state index in [1.54, 1.807) is 18.2 Å². The number of anilines is 1. The van der Waals surface area contributed by atoms with Crippen molar-refractivity contribution in [3.05, 3.63) is 28.8 Å². The Kier molecular flexibility index (Phi) is 4.23. The summed E-state index contributed by atoms with van der Waals surface area (Å²) in [6.45, 7) is 0.184.